The first-order valence-corrected chi connectivity index (χ1v) is 5.42. The molecule has 0 unspecified atom stereocenters. The van der Waals surface area contributed by atoms with Gasteiger partial charge in [-0.2, -0.15) is 0 Å². The molecule has 4 heteroatoms. The summed E-state index contributed by atoms with van der Waals surface area (Å²) < 4.78 is 1.96. The number of hydrogen-bond acceptors (Lipinski definition) is 2. The van der Waals surface area contributed by atoms with E-state index in [0.717, 1.165) is 11.4 Å². The summed E-state index contributed by atoms with van der Waals surface area (Å²) in [5, 5.41) is 8.24. The van der Waals surface area contributed by atoms with Crippen LogP contribution in [0, 0.1) is 0 Å². The van der Waals surface area contributed by atoms with Crippen LogP contribution in [-0.2, 0) is 11.3 Å². The van der Waals surface area contributed by atoms with Crippen molar-refractivity contribution in [2.75, 3.05) is 0 Å². The Balaban J connectivity index is 3.27. The Labute approximate surface area is 90.4 Å². The molecule has 0 N–H and O–H groups in total. The lowest BCUT2D eigenvalue weighted by Gasteiger charge is -2.22. The molecular weight excluding hydrogens is 198 g/mol. The third kappa shape index (κ3) is 2.08. The van der Waals surface area contributed by atoms with Gasteiger partial charge in [0.15, 0.2) is 0 Å². The van der Waals surface area contributed by atoms with Crippen LogP contribution in [0.5, 0.6) is 0 Å². The van der Waals surface area contributed by atoms with Crippen molar-refractivity contribution in [2.45, 2.75) is 52.0 Å². The van der Waals surface area contributed by atoms with Crippen molar-refractivity contribution < 1.29 is 0 Å². The molecule has 0 spiro atoms. The molecule has 0 saturated carbocycles. The molecule has 14 heavy (non-hydrogen) atoms. The fourth-order valence-electron chi connectivity index (χ4n) is 1.55. The Morgan fingerprint density at radius 1 is 1.36 bits per heavy atom. The molecule has 0 fully saturated rings. The van der Waals surface area contributed by atoms with Crippen molar-refractivity contribution in [3.63, 3.8) is 0 Å². The predicted octanol–water partition coefficient (Wildman–Crippen LogP) is 2.90. The second-order valence-electron chi connectivity index (χ2n) is 4.81. The zero-order chi connectivity index (χ0) is 10.9. The fraction of sp³-hybridized carbons (Fsp3) is 0.800. The molecule has 0 aliphatic rings. The van der Waals surface area contributed by atoms with Crippen molar-refractivity contribution >= 4 is 11.6 Å². The predicted molar refractivity (Wildman–Crippen MR) is 58.7 cm³/mol. The number of rotatable bonds is 2. The van der Waals surface area contributed by atoms with Crippen LogP contribution in [0.15, 0.2) is 0 Å². The number of aromatic nitrogens is 3. The fourth-order valence-corrected chi connectivity index (χ4v) is 1.73. The van der Waals surface area contributed by atoms with Crippen LogP contribution in [-0.4, -0.2) is 15.0 Å². The highest BCUT2D eigenvalue weighted by molar-refractivity contribution is 6.16. The second-order valence-corrected chi connectivity index (χ2v) is 5.07. The molecule has 0 atom stereocenters. The van der Waals surface area contributed by atoms with Crippen LogP contribution in [0.4, 0.5) is 0 Å². The monoisotopic (exact) mass is 215 g/mol. The van der Waals surface area contributed by atoms with Crippen molar-refractivity contribution in [3.05, 3.63) is 11.4 Å². The van der Waals surface area contributed by atoms with Gasteiger partial charge in [0.05, 0.1) is 11.6 Å². The topological polar surface area (TPSA) is 30.7 Å². The van der Waals surface area contributed by atoms with Crippen LogP contribution in [0.1, 0.15) is 52.0 Å². The lowest BCUT2D eigenvalue weighted by molar-refractivity contribution is 0.438. The highest BCUT2D eigenvalue weighted by Gasteiger charge is 2.25. The molecule has 0 saturated heterocycles. The van der Waals surface area contributed by atoms with Crippen molar-refractivity contribution in [3.8, 4) is 0 Å². The second kappa shape index (κ2) is 3.89. The van der Waals surface area contributed by atoms with E-state index in [4.69, 9.17) is 11.6 Å². The molecule has 80 valence electrons. The summed E-state index contributed by atoms with van der Waals surface area (Å²) >= 11 is 5.84. The summed E-state index contributed by atoms with van der Waals surface area (Å²) in [5.74, 6) is 0.430. The SMILES string of the molecule is CC(C)n1nnc(CCl)c1C(C)(C)C. The Bertz CT molecular complexity index is 310. The first-order chi connectivity index (χ1) is 6.38. The number of halogens is 1. The molecular formula is C10H18ClN3. The average molecular weight is 216 g/mol. The number of nitrogens with zero attached hydrogens (tertiary/aromatic N) is 3. The molecule has 1 aromatic rings. The third-order valence-corrected chi connectivity index (χ3v) is 2.34. The molecule has 0 aliphatic heterocycles. The van der Waals surface area contributed by atoms with E-state index in [2.05, 4.69) is 44.9 Å². The lowest BCUT2D eigenvalue weighted by atomic mass is 9.90. The molecule has 1 aromatic heterocycles. The Morgan fingerprint density at radius 3 is 2.29 bits per heavy atom. The summed E-state index contributed by atoms with van der Waals surface area (Å²) in [7, 11) is 0. The molecule has 1 rings (SSSR count). The van der Waals surface area contributed by atoms with E-state index >= 15 is 0 Å². The van der Waals surface area contributed by atoms with Crippen molar-refractivity contribution in [1.29, 1.82) is 0 Å². The van der Waals surface area contributed by atoms with E-state index in [1.807, 2.05) is 4.68 Å². The van der Waals surface area contributed by atoms with Crippen LogP contribution in [0.25, 0.3) is 0 Å². The van der Waals surface area contributed by atoms with Gasteiger partial charge in [-0.25, -0.2) is 4.68 Å². The normalized spacial score (nSPS) is 12.5. The highest BCUT2D eigenvalue weighted by Crippen LogP contribution is 2.27. The minimum atomic E-state index is 0.0397. The van der Waals surface area contributed by atoms with Gasteiger partial charge in [0, 0.05) is 11.5 Å². The van der Waals surface area contributed by atoms with Crippen LogP contribution in [0.2, 0.25) is 0 Å². The van der Waals surface area contributed by atoms with E-state index < -0.39 is 0 Å². The largest absolute Gasteiger partial charge is 0.246 e. The number of hydrogen-bond donors (Lipinski definition) is 0. The van der Waals surface area contributed by atoms with Gasteiger partial charge in [0.25, 0.3) is 0 Å². The van der Waals surface area contributed by atoms with E-state index in [9.17, 15) is 0 Å². The van der Waals surface area contributed by atoms with E-state index in [-0.39, 0.29) is 5.41 Å². The molecule has 0 bridgehead atoms. The first kappa shape index (κ1) is 11.5. The quantitative estimate of drug-likeness (QED) is 0.711. The van der Waals surface area contributed by atoms with Gasteiger partial charge in [-0.05, 0) is 13.8 Å². The van der Waals surface area contributed by atoms with E-state index in [1.165, 1.54) is 0 Å². The zero-order valence-corrected chi connectivity index (χ0v) is 10.3. The van der Waals surface area contributed by atoms with Crippen LogP contribution >= 0.6 is 11.6 Å². The van der Waals surface area contributed by atoms with Crippen LogP contribution in [0.3, 0.4) is 0 Å². The molecule has 0 amide bonds. The summed E-state index contributed by atoms with van der Waals surface area (Å²) in [5.41, 5.74) is 2.08. The maximum Gasteiger partial charge on any atom is 0.101 e. The number of alkyl halides is 1. The van der Waals surface area contributed by atoms with E-state index in [0.29, 0.717) is 11.9 Å². The Morgan fingerprint density at radius 2 is 1.93 bits per heavy atom. The van der Waals surface area contributed by atoms with Gasteiger partial charge in [-0.3, -0.25) is 0 Å². The first-order valence-electron chi connectivity index (χ1n) is 4.88. The molecule has 3 nitrogen and oxygen atoms in total. The minimum absolute atomic E-state index is 0.0397. The van der Waals surface area contributed by atoms with Gasteiger partial charge in [-0.15, -0.1) is 16.7 Å². The van der Waals surface area contributed by atoms with Crippen LogP contribution < -0.4 is 0 Å². The van der Waals surface area contributed by atoms with Gasteiger partial charge < -0.3 is 0 Å². The maximum absolute atomic E-state index is 5.84. The lowest BCUT2D eigenvalue weighted by Crippen LogP contribution is -2.21. The van der Waals surface area contributed by atoms with Gasteiger partial charge in [-0.1, -0.05) is 26.0 Å². The Hall–Kier alpha value is -0.570. The standard InChI is InChI=1S/C10H18ClN3/c1-7(2)14-9(10(3,4)5)8(6-11)12-13-14/h7H,6H2,1-5H3. The maximum atomic E-state index is 5.84. The van der Waals surface area contributed by atoms with Crippen molar-refractivity contribution in [2.24, 2.45) is 0 Å². The molecule has 0 radical (unpaired) electrons. The zero-order valence-electron chi connectivity index (χ0n) is 9.50. The third-order valence-electron chi connectivity index (χ3n) is 2.09. The van der Waals surface area contributed by atoms with Gasteiger partial charge in [0.2, 0.25) is 0 Å². The molecule has 0 aromatic carbocycles. The summed E-state index contributed by atoms with van der Waals surface area (Å²) in [6, 6.07) is 0.327. The summed E-state index contributed by atoms with van der Waals surface area (Å²) in [6.07, 6.45) is 0. The van der Waals surface area contributed by atoms with Gasteiger partial charge >= 0.3 is 0 Å². The highest BCUT2D eigenvalue weighted by atomic mass is 35.5. The molecule has 1 heterocycles. The summed E-state index contributed by atoms with van der Waals surface area (Å²) in [6.45, 7) is 10.7. The average Bonchev–Trinajstić information content (AvgIpc) is 2.45. The van der Waals surface area contributed by atoms with E-state index in [1.54, 1.807) is 0 Å². The summed E-state index contributed by atoms with van der Waals surface area (Å²) in [4.78, 5) is 0. The minimum Gasteiger partial charge on any atom is -0.246 e. The Kier molecular flexibility index (Phi) is 3.20. The smallest absolute Gasteiger partial charge is 0.101 e. The van der Waals surface area contributed by atoms with Gasteiger partial charge in [0.1, 0.15) is 5.69 Å². The van der Waals surface area contributed by atoms with Crippen molar-refractivity contribution in [1.82, 2.24) is 15.0 Å². The molecule has 0 aliphatic carbocycles.